The summed E-state index contributed by atoms with van der Waals surface area (Å²) in [6.45, 7) is 5.38. The van der Waals surface area contributed by atoms with E-state index in [1.807, 2.05) is 48.5 Å². The van der Waals surface area contributed by atoms with Gasteiger partial charge in [-0.2, -0.15) is 0 Å². The van der Waals surface area contributed by atoms with Crippen molar-refractivity contribution in [3.05, 3.63) is 89.5 Å². The molecule has 1 fully saturated rings. The predicted molar refractivity (Wildman–Crippen MR) is 159 cm³/mol. The van der Waals surface area contributed by atoms with Crippen LogP contribution in [-0.2, 0) is 13.0 Å². The van der Waals surface area contributed by atoms with Crippen molar-refractivity contribution in [3.63, 3.8) is 0 Å². The lowest BCUT2D eigenvalue weighted by Gasteiger charge is -2.26. The molecule has 0 bridgehead atoms. The number of carbonyl (C=O) groups is 1. The number of hydrogen-bond donors (Lipinski definition) is 3. The maximum atomic E-state index is 13.6. The van der Waals surface area contributed by atoms with Crippen LogP contribution in [0.15, 0.2) is 72.8 Å². The van der Waals surface area contributed by atoms with Crippen LogP contribution in [0.2, 0.25) is 0 Å². The number of ether oxygens (including phenoxy) is 3. The molecule has 1 amide bonds. The minimum absolute atomic E-state index is 0.0852. The Balaban J connectivity index is 1.48. The SMILES string of the molecule is CCC(CC)Oc1cc(OC2CC2)cc(C(=O)N[C@@H](Cc2ccccc2)C(N)CNCc2cccc(OC)c2)c1. The second kappa shape index (κ2) is 14.7. The van der Waals surface area contributed by atoms with Crippen molar-refractivity contribution in [2.75, 3.05) is 13.7 Å². The van der Waals surface area contributed by atoms with Gasteiger partial charge in [-0.1, -0.05) is 56.3 Å². The van der Waals surface area contributed by atoms with Crippen LogP contribution in [0.1, 0.15) is 61.0 Å². The Morgan fingerprint density at radius 2 is 1.65 bits per heavy atom. The zero-order chi connectivity index (χ0) is 28.3. The molecule has 0 aromatic heterocycles. The van der Waals surface area contributed by atoms with Crippen LogP contribution in [0.4, 0.5) is 0 Å². The average molecular weight is 546 g/mol. The molecule has 4 rings (SSSR count). The number of hydrogen-bond acceptors (Lipinski definition) is 6. The van der Waals surface area contributed by atoms with Crippen LogP contribution >= 0.6 is 0 Å². The molecule has 40 heavy (non-hydrogen) atoms. The Hall–Kier alpha value is -3.55. The molecular formula is C33H43N3O4. The first-order valence-corrected chi connectivity index (χ1v) is 14.4. The van der Waals surface area contributed by atoms with Gasteiger partial charge in [0.15, 0.2) is 0 Å². The second-order valence-electron chi connectivity index (χ2n) is 10.5. The van der Waals surface area contributed by atoms with Gasteiger partial charge in [-0.3, -0.25) is 4.79 Å². The quantitative estimate of drug-likeness (QED) is 0.227. The van der Waals surface area contributed by atoms with Crippen molar-refractivity contribution < 1.29 is 19.0 Å². The minimum atomic E-state index is -0.319. The molecular weight excluding hydrogens is 502 g/mol. The molecule has 7 heteroatoms. The van der Waals surface area contributed by atoms with Gasteiger partial charge < -0.3 is 30.6 Å². The highest BCUT2D eigenvalue weighted by molar-refractivity contribution is 5.95. The van der Waals surface area contributed by atoms with E-state index in [1.165, 1.54) is 0 Å². The number of nitrogens with two attached hydrogens (primary N) is 1. The van der Waals surface area contributed by atoms with E-state index in [0.717, 1.165) is 42.6 Å². The molecule has 7 nitrogen and oxygen atoms in total. The van der Waals surface area contributed by atoms with Crippen molar-refractivity contribution >= 4 is 5.91 Å². The smallest absolute Gasteiger partial charge is 0.251 e. The fraction of sp³-hybridized carbons (Fsp3) is 0.424. The predicted octanol–water partition coefficient (Wildman–Crippen LogP) is 5.26. The molecule has 0 aliphatic heterocycles. The van der Waals surface area contributed by atoms with E-state index in [1.54, 1.807) is 19.2 Å². The Morgan fingerprint density at radius 3 is 2.35 bits per heavy atom. The van der Waals surface area contributed by atoms with Crippen LogP contribution < -0.4 is 30.6 Å². The third-order valence-corrected chi connectivity index (χ3v) is 7.16. The first-order chi connectivity index (χ1) is 19.5. The van der Waals surface area contributed by atoms with Crippen molar-refractivity contribution in [3.8, 4) is 17.2 Å². The van der Waals surface area contributed by atoms with Crippen molar-refractivity contribution in [1.29, 1.82) is 0 Å². The molecule has 0 radical (unpaired) electrons. The summed E-state index contributed by atoms with van der Waals surface area (Å²) in [6.07, 6.45) is 4.78. The van der Waals surface area contributed by atoms with Crippen LogP contribution in [0.5, 0.6) is 17.2 Å². The maximum Gasteiger partial charge on any atom is 0.251 e. The summed E-state index contributed by atoms with van der Waals surface area (Å²) in [6, 6.07) is 22.9. The van der Waals surface area contributed by atoms with Gasteiger partial charge >= 0.3 is 0 Å². The largest absolute Gasteiger partial charge is 0.497 e. The van der Waals surface area contributed by atoms with Gasteiger partial charge in [-0.05, 0) is 67.5 Å². The number of amides is 1. The van der Waals surface area contributed by atoms with E-state index in [9.17, 15) is 4.79 Å². The van der Waals surface area contributed by atoms with Gasteiger partial charge in [0.1, 0.15) is 17.2 Å². The van der Waals surface area contributed by atoms with E-state index >= 15 is 0 Å². The summed E-state index contributed by atoms with van der Waals surface area (Å²) in [5.74, 6) is 1.94. The Labute approximate surface area is 238 Å². The number of nitrogens with one attached hydrogen (secondary N) is 2. The first kappa shape index (κ1) is 29.4. The highest BCUT2D eigenvalue weighted by atomic mass is 16.5. The van der Waals surface area contributed by atoms with Gasteiger partial charge in [0.05, 0.1) is 19.3 Å². The fourth-order valence-corrected chi connectivity index (χ4v) is 4.60. The molecule has 3 aromatic carbocycles. The lowest BCUT2D eigenvalue weighted by molar-refractivity contribution is 0.0928. The van der Waals surface area contributed by atoms with E-state index in [2.05, 4.69) is 36.6 Å². The number of carbonyl (C=O) groups excluding carboxylic acids is 1. The van der Waals surface area contributed by atoms with Gasteiger partial charge in [0, 0.05) is 36.8 Å². The number of methoxy groups -OCH3 is 1. The summed E-state index contributed by atoms with van der Waals surface area (Å²) in [4.78, 5) is 13.6. The van der Waals surface area contributed by atoms with Crippen molar-refractivity contribution in [1.82, 2.24) is 10.6 Å². The Kier molecular flexibility index (Phi) is 10.8. The van der Waals surface area contributed by atoms with Crippen LogP contribution in [0.25, 0.3) is 0 Å². The Bertz CT molecular complexity index is 1210. The molecule has 4 N–H and O–H groups in total. The fourth-order valence-electron chi connectivity index (χ4n) is 4.60. The zero-order valence-corrected chi connectivity index (χ0v) is 23.9. The highest BCUT2D eigenvalue weighted by Gasteiger charge is 2.26. The zero-order valence-electron chi connectivity index (χ0n) is 23.9. The third-order valence-electron chi connectivity index (χ3n) is 7.16. The minimum Gasteiger partial charge on any atom is -0.497 e. The Morgan fingerprint density at radius 1 is 0.925 bits per heavy atom. The normalized spacial score (nSPS) is 14.4. The van der Waals surface area contributed by atoms with E-state index in [-0.39, 0.29) is 30.2 Å². The molecule has 1 aliphatic rings. The molecule has 214 valence electrons. The van der Waals surface area contributed by atoms with Gasteiger partial charge in [-0.25, -0.2) is 0 Å². The van der Waals surface area contributed by atoms with Crippen molar-refractivity contribution in [2.45, 2.75) is 76.8 Å². The molecule has 0 spiro atoms. The molecule has 3 aromatic rings. The lowest BCUT2D eigenvalue weighted by Crippen LogP contribution is -2.53. The number of rotatable bonds is 16. The van der Waals surface area contributed by atoms with Gasteiger partial charge in [0.2, 0.25) is 0 Å². The van der Waals surface area contributed by atoms with E-state index in [4.69, 9.17) is 19.9 Å². The molecule has 2 atom stereocenters. The maximum absolute atomic E-state index is 13.6. The van der Waals surface area contributed by atoms with Gasteiger partial charge in [0.25, 0.3) is 5.91 Å². The molecule has 1 unspecified atom stereocenters. The number of benzene rings is 3. The van der Waals surface area contributed by atoms with Gasteiger partial charge in [-0.15, -0.1) is 0 Å². The average Bonchev–Trinajstić information content (AvgIpc) is 3.80. The summed E-state index contributed by atoms with van der Waals surface area (Å²) >= 11 is 0. The van der Waals surface area contributed by atoms with Crippen LogP contribution in [0.3, 0.4) is 0 Å². The van der Waals surface area contributed by atoms with Crippen molar-refractivity contribution in [2.24, 2.45) is 5.73 Å². The van der Waals surface area contributed by atoms with E-state index < -0.39 is 0 Å². The van der Waals surface area contributed by atoms with Crippen LogP contribution in [-0.4, -0.2) is 43.9 Å². The standard InChI is InChI=1S/C33H43N3O4/c1-4-26(5-2)39-29-18-25(19-30(20-29)40-27-14-15-27)33(37)36-32(17-23-10-7-6-8-11-23)31(34)22-35-21-24-12-9-13-28(16-24)38-3/h6-13,16,18-20,26-27,31-32,35H,4-5,14-15,17,21-22,34H2,1-3H3,(H,36,37)/t31?,32-/m0/s1. The third kappa shape index (κ3) is 9.00. The van der Waals surface area contributed by atoms with E-state index in [0.29, 0.717) is 36.6 Å². The summed E-state index contributed by atoms with van der Waals surface area (Å²) < 4.78 is 17.6. The summed E-state index contributed by atoms with van der Waals surface area (Å²) in [5, 5.41) is 6.66. The molecule has 1 saturated carbocycles. The molecule has 0 heterocycles. The summed E-state index contributed by atoms with van der Waals surface area (Å²) in [5.41, 5.74) is 9.42. The molecule has 0 saturated heterocycles. The molecule has 1 aliphatic carbocycles. The van der Waals surface area contributed by atoms with Crippen LogP contribution in [0, 0.1) is 0 Å². The first-order valence-electron chi connectivity index (χ1n) is 14.4. The lowest BCUT2D eigenvalue weighted by atomic mass is 9.99. The second-order valence-corrected chi connectivity index (χ2v) is 10.5. The summed E-state index contributed by atoms with van der Waals surface area (Å²) in [7, 11) is 1.66. The monoisotopic (exact) mass is 545 g/mol. The highest BCUT2D eigenvalue weighted by Crippen LogP contribution is 2.31. The topological polar surface area (TPSA) is 94.8 Å².